The molecule has 2 nitrogen and oxygen atoms in total. The Morgan fingerprint density at radius 2 is 1.05 bits per heavy atom. The third-order valence-corrected chi connectivity index (χ3v) is 1.74. The summed E-state index contributed by atoms with van der Waals surface area (Å²) in [5.41, 5.74) is -3.57. The van der Waals surface area contributed by atoms with E-state index >= 15 is 0 Å². The highest BCUT2D eigenvalue weighted by atomic mass is 19.4. The van der Waals surface area contributed by atoms with Crippen molar-refractivity contribution < 1.29 is 48.3 Å². The van der Waals surface area contributed by atoms with E-state index in [4.69, 9.17) is 0 Å². The minimum absolute atomic E-state index is 1.37. The molecule has 114 valence electrons. The van der Waals surface area contributed by atoms with E-state index in [0.717, 1.165) is 0 Å². The summed E-state index contributed by atoms with van der Waals surface area (Å²) in [4.78, 5) is 0. The number of rotatable bonds is 2. The van der Waals surface area contributed by atoms with E-state index in [1.165, 1.54) is 5.10 Å². The monoisotopic (exact) mass is 312 g/mol. The van der Waals surface area contributed by atoms with Gasteiger partial charge in [-0.05, 0) is 0 Å². The average molecular weight is 312 g/mol. The number of halogens is 11. The highest BCUT2D eigenvalue weighted by Gasteiger charge is 2.71. The lowest BCUT2D eigenvalue weighted by Crippen LogP contribution is -2.55. The first kappa shape index (κ1) is 17.7. The van der Waals surface area contributed by atoms with Crippen LogP contribution in [0.4, 0.5) is 48.3 Å². The molecule has 0 bridgehead atoms. The van der Waals surface area contributed by atoms with Crippen molar-refractivity contribution in [1.82, 2.24) is 0 Å². The maximum absolute atomic E-state index is 12.6. The fourth-order valence-electron chi connectivity index (χ4n) is 0.978. The number of nitrogens with zero attached hydrogens (tertiary/aromatic N) is 1. The van der Waals surface area contributed by atoms with E-state index < -0.39 is 36.1 Å². The summed E-state index contributed by atoms with van der Waals surface area (Å²) in [6.45, 7) is 0. The van der Waals surface area contributed by atoms with Gasteiger partial charge in [-0.25, -0.2) is 0 Å². The highest BCUT2D eigenvalue weighted by Crippen LogP contribution is 2.47. The molecule has 0 aliphatic carbocycles. The summed E-state index contributed by atoms with van der Waals surface area (Å²) in [5.74, 6) is -7.74. The SMILES string of the molecule is N/N=C(\C(C(F)(F)F)C(F)(F)F)C(F)(F)C(F)(F)F. The van der Waals surface area contributed by atoms with Crippen LogP contribution in [-0.4, -0.2) is 30.2 Å². The van der Waals surface area contributed by atoms with Gasteiger partial charge in [0.05, 0.1) is 0 Å². The van der Waals surface area contributed by atoms with Crippen molar-refractivity contribution in [2.75, 3.05) is 0 Å². The first-order chi connectivity index (χ1) is 8.06. The molecule has 2 N–H and O–H groups in total. The zero-order chi connectivity index (χ0) is 15.9. The Kier molecular flexibility index (Phi) is 4.35. The molecule has 0 saturated heterocycles. The topological polar surface area (TPSA) is 38.4 Å². The van der Waals surface area contributed by atoms with Crippen LogP contribution in [0.5, 0.6) is 0 Å². The minimum atomic E-state index is -6.71. The Labute approximate surface area is 96.6 Å². The molecular formula is C6H3F11N2. The largest absolute Gasteiger partial charge is 0.459 e. The fraction of sp³-hybridized carbons (Fsp3) is 0.833. The molecule has 0 radical (unpaired) electrons. The molecule has 0 aliphatic heterocycles. The standard InChI is InChI=1S/C6H3F11N2/c7-3(8,6(15,16)17)2(19-18)1(4(9,10)11)5(12,13)14/h1H,18H2/b19-2+. The smallest absolute Gasteiger partial charge is 0.323 e. The molecule has 0 aromatic heterocycles. The number of hydrazone groups is 1. The first-order valence-electron chi connectivity index (χ1n) is 3.93. The van der Waals surface area contributed by atoms with Crippen molar-refractivity contribution in [2.45, 2.75) is 24.5 Å². The van der Waals surface area contributed by atoms with E-state index in [2.05, 4.69) is 5.84 Å². The molecule has 19 heavy (non-hydrogen) atoms. The van der Waals surface area contributed by atoms with Crippen LogP contribution in [-0.2, 0) is 0 Å². The van der Waals surface area contributed by atoms with Gasteiger partial charge in [-0.2, -0.15) is 53.4 Å². The zero-order valence-corrected chi connectivity index (χ0v) is 8.26. The zero-order valence-electron chi connectivity index (χ0n) is 8.26. The Morgan fingerprint density at radius 1 is 0.737 bits per heavy atom. The molecule has 0 saturated carbocycles. The maximum Gasteiger partial charge on any atom is 0.459 e. The minimum Gasteiger partial charge on any atom is -0.323 e. The van der Waals surface area contributed by atoms with Crippen molar-refractivity contribution in [3.8, 4) is 0 Å². The van der Waals surface area contributed by atoms with Gasteiger partial charge in [-0.3, -0.25) is 0 Å². The Morgan fingerprint density at radius 3 is 1.21 bits per heavy atom. The lowest BCUT2D eigenvalue weighted by atomic mass is 9.96. The number of hydrogen-bond donors (Lipinski definition) is 1. The lowest BCUT2D eigenvalue weighted by Gasteiger charge is -2.29. The molecule has 0 aromatic rings. The van der Waals surface area contributed by atoms with E-state index in [-0.39, 0.29) is 0 Å². The van der Waals surface area contributed by atoms with Gasteiger partial charge >= 0.3 is 24.5 Å². The molecule has 13 heteroatoms. The van der Waals surface area contributed by atoms with Gasteiger partial charge in [-0.1, -0.05) is 0 Å². The second-order valence-corrected chi connectivity index (χ2v) is 3.10. The normalized spacial score (nSPS) is 16.1. The van der Waals surface area contributed by atoms with Crippen molar-refractivity contribution in [3.05, 3.63) is 0 Å². The predicted octanol–water partition coefficient (Wildman–Crippen LogP) is 3.24. The fourth-order valence-corrected chi connectivity index (χ4v) is 0.978. The van der Waals surface area contributed by atoms with Gasteiger partial charge in [0, 0.05) is 0 Å². The van der Waals surface area contributed by atoms with Gasteiger partial charge < -0.3 is 5.84 Å². The molecule has 0 amide bonds. The van der Waals surface area contributed by atoms with Gasteiger partial charge in [0.15, 0.2) is 5.92 Å². The number of alkyl halides is 11. The molecule has 0 spiro atoms. The van der Waals surface area contributed by atoms with Crippen LogP contribution in [0.3, 0.4) is 0 Å². The number of nitrogens with two attached hydrogens (primary N) is 1. The highest BCUT2D eigenvalue weighted by molar-refractivity contribution is 5.94. The van der Waals surface area contributed by atoms with Crippen LogP contribution in [0, 0.1) is 5.92 Å². The Bertz CT molecular complexity index is 332. The molecule has 0 aliphatic rings. The van der Waals surface area contributed by atoms with E-state index in [1.807, 2.05) is 0 Å². The van der Waals surface area contributed by atoms with E-state index in [1.54, 1.807) is 0 Å². The van der Waals surface area contributed by atoms with Crippen LogP contribution in [0.2, 0.25) is 0 Å². The summed E-state index contributed by atoms with van der Waals surface area (Å²) in [6, 6.07) is 0. The van der Waals surface area contributed by atoms with Crippen molar-refractivity contribution in [2.24, 2.45) is 16.9 Å². The molecule has 0 unspecified atom stereocenters. The molecule has 0 rings (SSSR count). The van der Waals surface area contributed by atoms with E-state index in [9.17, 15) is 48.3 Å². The van der Waals surface area contributed by atoms with E-state index in [0.29, 0.717) is 0 Å². The van der Waals surface area contributed by atoms with Crippen LogP contribution in [0.1, 0.15) is 0 Å². The number of hydrogen-bond acceptors (Lipinski definition) is 2. The lowest BCUT2D eigenvalue weighted by molar-refractivity contribution is -0.280. The summed E-state index contributed by atoms with van der Waals surface area (Å²) in [7, 11) is 0. The predicted molar refractivity (Wildman–Crippen MR) is 38.2 cm³/mol. The molecule has 0 heterocycles. The van der Waals surface area contributed by atoms with Gasteiger partial charge in [0.1, 0.15) is 5.71 Å². The molecular weight excluding hydrogens is 309 g/mol. The molecule has 0 aromatic carbocycles. The Hall–Kier alpha value is -1.30. The average Bonchev–Trinajstić information content (AvgIpc) is 2.07. The van der Waals surface area contributed by atoms with Crippen LogP contribution in [0.15, 0.2) is 5.10 Å². The third-order valence-electron chi connectivity index (χ3n) is 1.74. The molecule has 0 atom stereocenters. The summed E-state index contributed by atoms with van der Waals surface area (Å²) in [6.07, 6.45) is -19.6. The van der Waals surface area contributed by atoms with Gasteiger partial charge in [0.25, 0.3) is 0 Å². The third kappa shape index (κ3) is 3.59. The second-order valence-electron chi connectivity index (χ2n) is 3.10. The van der Waals surface area contributed by atoms with Crippen molar-refractivity contribution in [1.29, 1.82) is 0 Å². The van der Waals surface area contributed by atoms with Gasteiger partial charge in [0.2, 0.25) is 0 Å². The van der Waals surface area contributed by atoms with Crippen molar-refractivity contribution >= 4 is 5.71 Å². The van der Waals surface area contributed by atoms with Crippen LogP contribution >= 0.6 is 0 Å². The first-order valence-corrected chi connectivity index (χ1v) is 3.93. The second kappa shape index (κ2) is 4.67. The summed E-state index contributed by atoms with van der Waals surface area (Å²) < 4.78 is 133. The maximum atomic E-state index is 12.6. The molecule has 0 fully saturated rings. The summed E-state index contributed by atoms with van der Waals surface area (Å²) >= 11 is 0. The van der Waals surface area contributed by atoms with Gasteiger partial charge in [-0.15, -0.1) is 0 Å². The van der Waals surface area contributed by atoms with Crippen LogP contribution in [0.25, 0.3) is 0 Å². The quantitative estimate of drug-likeness (QED) is 0.361. The summed E-state index contributed by atoms with van der Waals surface area (Å²) in [5, 5.41) is 1.37. The van der Waals surface area contributed by atoms with Crippen molar-refractivity contribution in [3.63, 3.8) is 0 Å². The van der Waals surface area contributed by atoms with Crippen LogP contribution < -0.4 is 5.84 Å². The Balaban J connectivity index is 5.96.